The lowest BCUT2D eigenvalue weighted by molar-refractivity contribution is 0.400. The Hall–Kier alpha value is -1.26. The van der Waals surface area contributed by atoms with Crippen LogP contribution in [-0.2, 0) is 6.54 Å². The van der Waals surface area contributed by atoms with Crippen LogP contribution in [0, 0.1) is 0 Å². The van der Waals surface area contributed by atoms with E-state index in [1.165, 1.54) is 56.3 Å². The fourth-order valence-corrected chi connectivity index (χ4v) is 3.78. The highest BCUT2D eigenvalue weighted by Gasteiger charge is 2.12. The van der Waals surface area contributed by atoms with Crippen molar-refractivity contribution in [3.63, 3.8) is 0 Å². The van der Waals surface area contributed by atoms with Crippen LogP contribution in [0.5, 0.6) is 0 Å². The van der Waals surface area contributed by atoms with Crippen LogP contribution in [-0.4, -0.2) is 17.5 Å². The summed E-state index contributed by atoms with van der Waals surface area (Å²) < 4.78 is 5.53. The van der Waals surface area contributed by atoms with Crippen LogP contribution in [0.4, 0.5) is 0 Å². The van der Waals surface area contributed by atoms with E-state index in [-0.39, 0.29) is 14.9 Å². The molecule has 0 bridgehead atoms. The third-order valence-electron chi connectivity index (χ3n) is 4.86. The zero-order valence-electron chi connectivity index (χ0n) is 14.6. The van der Waals surface area contributed by atoms with Crippen molar-refractivity contribution in [2.24, 2.45) is 0 Å². The molecule has 1 aliphatic carbocycles. The Kier molecular flexibility index (Phi) is 10.7. The quantitative estimate of drug-likeness (QED) is 0.574. The number of rotatable bonds is 5. The Bertz CT molecular complexity index is 599. The minimum atomic E-state index is 0. The van der Waals surface area contributed by atoms with E-state index in [0.29, 0.717) is 6.04 Å². The lowest BCUT2D eigenvalue weighted by atomic mass is 10.0. The molecule has 0 aliphatic heterocycles. The summed E-state index contributed by atoms with van der Waals surface area (Å²) in [6, 6.07) is 11.1. The third kappa shape index (κ3) is 6.81. The first-order valence-corrected chi connectivity index (χ1v) is 10.4. The van der Waals surface area contributed by atoms with Gasteiger partial charge in [-0.15, -0.1) is 11.8 Å². The van der Waals surface area contributed by atoms with Gasteiger partial charge in [-0.2, -0.15) is 0 Å². The molecule has 4 heteroatoms. The van der Waals surface area contributed by atoms with Crippen molar-refractivity contribution in [3.05, 3.63) is 36.0 Å². The monoisotopic (exact) mass is 376 g/mol. The third-order valence-corrected chi connectivity index (χ3v) is 5.60. The van der Waals surface area contributed by atoms with E-state index in [4.69, 9.17) is 4.52 Å². The molecule has 1 aliphatic rings. The molecule has 1 heterocycles. The summed E-state index contributed by atoms with van der Waals surface area (Å²) in [5.74, 6) is 0.855. The minimum absolute atomic E-state index is 0. The molecular weight excluding hydrogens is 340 g/mol. The second kappa shape index (κ2) is 12.2. The Morgan fingerprint density at radius 2 is 1.62 bits per heavy atom. The molecule has 1 aromatic heterocycles. The van der Waals surface area contributed by atoms with Gasteiger partial charge >= 0.3 is 0 Å². The van der Waals surface area contributed by atoms with Crippen molar-refractivity contribution in [1.29, 1.82) is 0 Å². The molecule has 0 radical (unpaired) electrons. The van der Waals surface area contributed by atoms with Gasteiger partial charge in [0.25, 0.3) is 0 Å². The molecule has 1 fully saturated rings. The van der Waals surface area contributed by atoms with Gasteiger partial charge in [-0.25, -0.2) is 0 Å². The van der Waals surface area contributed by atoms with E-state index < -0.39 is 0 Å². The lowest BCUT2D eigenvalue weighted by Gasteiger charge is -2.16. The van der Waals surface area contributed by atoms with Gasteiger partial charge in [-0.05, 0) is 31.2 Å². The summed E-state index contributed by atoms with van der Waals surface area (Å²) in [6.45, 7) is 0.803. The molecule has 0 spiro atoms. The summed E-state index contributed by atoms with van der Waals surface area (Å²) >= 11 is 1.75. The second-order valence-corrected chi connectivity index (χ2v) is 7.57. The summed E-state index contributed by atoms with van der Waals surface area (Å²) in [5.41, 5.74) is 2.09. The average molecular weight is 377 g/mol. The van der Waals surface area contributed by atoms with Crippen molar-refractivity contribution in [2.45, 2.75) is 83.7 Å². The summed E-state index contributed by atoms with van der Waals surface area (Å²) in [6.07, 6.45) is 13.0. The zero-order valence-corrected chi connectivity index (χ0v) is 15.4. The van der Waals surface area contributed by atoms with E-state index in [1.807, 2.05) is 0 Å². The summed E-state index contributed by atoms with van der Waals surface area (Å²) in [5, 5.41) is 7.93. The molecule has 0 unspecified atom stereocenters. The van der Waals surface area contributed by atoms with Gasteiger partial charge < -0.3 is 9.84 Å². The van der Waals surface area contributed by atoms with Gasteiger partial charge in [0.2, 0.25) is 0 Å². The molecule has 0 atom stereocenters. The van der Waals surface area contributed by atoms with Gasteiger partial charge in [0.05, 0.1) is 5.69 Å². The number of aromatic nitrogens is 1. The van der Waals surface area contributed by atoms with Gasteiger partial charge in [-0.3, -0.25) is 0 Å². The first kappa shape index (κ1) is 22.8. The molecule has 1 N–H and O–H groups in total. The SMILES string of the molecule is C.C.CSc1ccc(-c2cc(CNC3CCCCCCCC3)no2)cc1. The Morgan fingerprint density at radius 1 is 1.00 bits per heavy atom. The predicted octanol–water partition coefficient (Wildman–Crippen LogP) is 6.93. The van der Waals surface area contributed by atoms with Crippen LogP contribution < -0.4 is 5.32 Å². The predicted molar refractivity (Wildman–Crippen MR) is 115 cm³/mol. The highest BCUT2D eigenvalue weighted by molar-refractivity contribution is 7.98. The molecule has 146 valence electrons. The van der Waals surface area contributed by atoms with Crippen LogP contribution >= 0.6 is 11.8 Å². The molecule has 1 saturated carbocycles. The van der Waals surface area contributed by atoms with Crippen molar-refractivity contribution in [3.8, 4) is 11.3 Å². The largest absolute Gasteiger partial charge is 0.356 e. The number of hydrogen-bond acceptors (Lipinski definition) is 4. The maximum absolute atomic E-state index is 5.53. The highest BCUT2D eigenvalue weighted by atomic mass is 32.2. The number of benzene rings is 1. The standard InChI is InChI=1S/C20H28N2OS.2CH4/c1-24-19-12-10-16(11-13-19)20-14-18(22-23-20)15-21-17-8-6-4-2-3-5-7-9-17;;/h10-14,17,21H,2-9,15H2,1H3;2*1H4. The van der Waals surface area contributed by atoms with Crippen molar-refractivity contribution in [1.82, 2.24) is 10.5 Å². The van der Waals surface area contributed by atoms with E-state index in [9.17, 15) is 0 Å². The zero-order chi connectivity index (χ0) is 16.6. The molecule has 26 heavy (non-hydrogen) atoms. The Balaban J connectivity index is 0.00000169. The van der Waals surface area contributed by atoms with Crippen LogP contribution in [0.25, 0.3) is 11.3 Å². The number of hydrogen-bond donors (Lipinski definition) is 1. The van der Waals surface area contributed by atoms with Gasteiger partial charge in [-0.1, -0.05) is 70.7 Å². The van der Waals surface area contributed by atoms with Gasteiger partial charge in [0, 0.05) is 29.1 Å². The molecule has 2 aromatic rings. The normalized spacial score (nSPS) is 15.9. The molecule has 0 amide bonds. The number of nitrogens with one attached hydrogen (secondary N) is 1. The number of thioether (sulfide) groups is 1. The summed E-state index contributed by atoms with van der Waals surface area (Å²) in [7, 11) is 0. The fourth-order valence-electron chi connectivity index (χ4n) is 3.37. The van der Waals surface area contributed by atoms with Crippen molar-refractivity contribution >= 4 is 11.8 Å². The van der Waals surface area contributed by atoms with Crippen molar-refractivity contribution < 1.29 is 4.52 Å². The Labute approximate surface area is 164 Å². The topological polar surface area (TPSA) is 38.1 Å². The van der Waals surface area contributed by atoms with Gasteiger partial charge in [0.15, 0.2) is 5.76 Å². The number of nitrogens with zero attached hydrogens (tertiary/aromatic N) is 1. The maximum atomic E-state index is 5.53. The van der Waals surface area contributed by atoms with E-state index in [0.717, 1.165) is 23.6 Å². The summed E-state index contributed by atoms with van der Waals surface area (Å²) in [4.78, 5) is 1.26. The average Bonchev–Trinajstić information content (AvgIpc) is 3.13. The second-order valence-electron chi connectivity index (χ2n) is 6.69. The fraction of sp³-hybridized carbons (Fsp3) is 0.591. The minimum Gasteiger partial charge on any atom is -0.356 e. The molecule has 3 nitrogen and oxygen atoms in total. The van der Waals surface area contributed by atoms with E-state index in [2.05, 4.69) is 47.1 Å². The van der Waals surface area contributed by atoms with Gasteiger partial charge in [0.1, 0.15) is 0 Å². The highest BCUT2D eigenvalue weighted by Crippen LogP contribution is 2.24. The van der Waals surface area contributed by atoms with Crippen LogP contribution in [0.15, 0.2) is 39.8 Å². The first-order valence-electron chi connectivity index (χ1n) is 9.18. The van der Waals surface area contributed by atoms with E-state index in [1.54, 1.807) is 11.8 Å². The van der Waals surface area contributed by atoms with Crippen LogP contribution in [0.3, 0.4) is 0 Å². The lowest BCUT2D eigenvalue weighted by Crippen LogP contribution is -2.28. The molecule has 0 saturated heterocycles. The van der Waals surface area contributed by atoms with Crippen molar-refractivity contribution in [2.75, 3.05) is 6.26 Å². The molecule has 1 aromatic carbocycles. The molecule has 3 rings (SSSR count). The van der Waals surface area contributed by atoms with Crippen LogP contribution in [0.2, 0.25) is 0 Å². The molecular formula is C22H36N2OS. The van der Waals surface area contributed by atoms with Crippen LogP contribution in [0.1, 0.15) is 71.9 Å². The van der Waals surface area contributed by atoms with E-state index >= 15 is 0 Å². The first-order chi connectivity index (χ1) is 11.8. The maximum Gasteiger partial charge on any atom is 0.167 e. The Morgan fingerprint density at radius 3 is 2.23 bits per heavy atom. The smallest absolute Gasteiger partial charge is 0.167 e.